The molecule has 2 heterocycles. The highest BCUT2D eigenvalue weighted by molar-refractivity contribution is 9.10. The van der Waals surface area contributed by atoms with Crippen LogP contribution in [0, 0.1) is 0 Å². The minimum Gasteiger partial charge on any atom is -0.455 e. The Morgan fingerprint density at radius 1 is 1.06 bits per heavy atom. The molecule has 0 spiro atoms. The van der Waals surface area contributed by atoms with Gasteiger partial charge in [0.15, 0.2) is 0 Å². The summed E-state index contributed by atoms with van der Waals surface area (Å²) in [7, 11) is 0. The number of pyridine rings is 2. The molecule has 88 valence electrons. The molecule has 0 aliphatic carbocycles. The number of nitrogens with zero attached hydrogens (tertiary/aromatic N) is 2. The molecule has 18 heavy (non-hydrogen) atoms. The first kappa shape index (κ1) is 11.2. The van der Waals surface area contributed by atoms with Crippen molar-refractivity contribution in [1.82, 2.24) is 9.97 Å². The van der Waals surface area contributed by atoms with Gasteiger partial charge >= 0.3 is 0 Å². The minimum absolute atomic E-state index is 0.695. The van der Waals surface area contributed by atoms with Gasteiger partial charge in [-0.3, -0.25) is 9.97 Å². The van der Waals surface area contributed by atoms with Crippen molar-refractivity contribution < 1.29 is 4.74 Å². The zero-order valence-electron chi connectivity index (χ0n) is 9.38. The normalized spacial score (nSPS) is 10.5. The SMILES string of the molecule is Brc1cncc(Oc2cccc3ncccc23)c1. The predicted octanol–water partition coefficient (Wildman–Crippen LogP) is 4.18. The van der Waals surface area contributed by atoms with E-state index in [9.17, 15) is 0 Å². The van der Waals surface area contributed by atoms with Crippen molar-refractivity contribution in [3.8, 4) is 11.5 Å². The monoisotopic (exact) mass is 300 g/mol. The summed E-state index contributed by atoms with van der Waals surface area (Å²) >= 11 is 3.37. The summed E-state index contributed by atoms with van der Waals surface area (Å²) in [6, 6.07) is 11.6. The molecule has 0 aliphatic heterocycles. The number of ether oxygens (including phenoxy) is 1. The van der Waals surface area contributed by atoms with Crippen LogP contribution in [0.15, 0.2) is 59.5 Å². The zero-order chi connectivity index (χ0) is 12.4. The summed E-state index contributed by atoms with van der Waals surface area (Å²) in [5.74, 6) is 1.47. The summed E-state index contributed by atoms with van der Waals surface area (Å²) in [6.45, 7) is 0. The van der Waals surface area contributed by atoms with Gasteiger partial charge in [0.1, 0.15) is 11.5 Å². The van der Waals surface area contributed by atoms with Gasteiger partial charge in [-0.15, -0.1) is 0 Å². The Morgan fingerprint density at radius 3 is 2.89 bits per heavy atom. The van der Waals surface area contributed by atoms with Crippen molar-refractivity contribution in [3.05, 3.63) is 59.5 Å². The van der Waals surface area contributed by atoms with Crippen LogP contribution >= 0.6 is 15.9 Å². The number of aromatic nitrogens is 2. The van der Waals surface area contributed by atoms with Crippen LogP contribution in [0.4, 0.5) is 0 Å². The number of rotatable bonds is 2. The molecule has 0 N–H and O–H groups in total. The van der Waals surface area contributed by atoms with E-state index in [-0.39, 0.29) is 0 Å². The maximum atomic E-state index is 5.84. The van der Waals surface area contributed by atoms with Gasteiger partial charge in [0.2, 0.25) is 0 Å². The van der Waals surface area contributed by atoms with Gasteiger partial charge in [-0.05, 0) is 46.3 Å². The van der Waals surface area contributed by atoms with Crippen LogP contribution in [0.3, 0.4) is 0 Å². The Bertz CT molecular complexity index is 695. The van der Waals surface area contributed by atoms with Gasteiger partial charge in [-0.1, -0.05) is 6.07 Å². The first-order chi connectivity index (χ1) is 8.83. The Morgan fingerprint density at radius 2 is 2.00 bits per heavy atom. The average Bonchev–Trinajstić information content (AvgIpc) is 2.39. The zero-order valence-corrected chi connectivity index (χ0v) is 11.0. The number of fused-ring (bicyclic) bond motifs is 1. The van der Waals surface area contributed by atoms with E-state index in [1.54, 1.807) is 18.6 Å². The molecular formula is C14H9BrN2O. The molecule has 0 bridgehead atoms. The van der Waals surface area contributed by atoms with Crippen molar-refractivity contribution in [2.45, 2.75) is 0 Å². The molecule has 0 amide bonds. The first-order valence-electron chi connectivity index (χ1n) is 5.45. The van der Waals surface area contributed by atoms with Crippen LogP contribution in [0.1, 0.15) is 0 Å². The van der Waals surface area contributed by atoms with Gasteiger partial charge in [0.25, 0.3) is 0 Å². The highest BCUT2D eigenvalue weighted by Crippen LogP contribution is 2.29. The third kappa shape index (κ3) is 2.19. The van der Waals surface area contributed by atoms with Crippen LogP contribution in [0.2, 0.25) is 0 Å². The van der Waals surface area contributed by atoms with Gasteiger partial charge in [0, 0.05) is 22.3 Å². The standard InChI is InChI=1S/C14H9BrN2O/c15-10-7-11(9-16-8-10)18-14-5-1-4-13-12(14)3-2-6-17-13/h1-9H. The number of hydrogen-bond donors (Lipinski definition) is 0. The van der Waals surface area contributed by atoms with E-state index < -0.39 is 0 Å². The summed E-state index contributed by atoms with van der Waals surface area (Å²) < 4.78 is 6.73. The van der Waals surface area contributed by atoms with Crippen LogP contribution in [0.25, 0.3) is 10.9 Å². The molecule has 0 saturated heterocycles. The third-order valence-corrected chi connectivity index (χ3v) is 2.95. The third-order valence-electron chi connectivity index (χ3n) is 2.51. The molecule has 3 rings (SSSR count). The fourth-order valence-electron chi connectivity index (χ4n) is 1.74. The van der Waals surface area contributed by atoms with Crippen LogP contribution in [-0.2, 0) is 0 Å². The molecule has 0 saturated carbocycles. The van der Waals surface area contributed by atoms with E-state index >= 15 is 0 Å². The number of benzene rings is 1. The molecule has 0 fully saturated rings. The highest BCUT2D eigenvalue weighted by atomic mass is 79.9. The molecule has 1 aromatic carbocycles. The van der Waals surface area contributed by atoms with E-state index in [1.165, 1.54) is 0 Å². The molecule has 0 atom stereocenters. The molecule has 3 aromatic rings. The summed E-state index contributed by atoms with van der Waals surface area (Å²) in [5.41, 5.74) is 0.915. The van der Waals surface area contributed by atoms with Crippen LogP contribution < -0.4 is 4.74 Å². The Labute approximate surface area is 113 Å². The van der Waals surface area contributed by atoms with Crippen LogP contribution in [0.5, 0.6) is 11.5 Å². The van der Waals surface area contributed by atoms with Crippen molar-refractivity contribution >= 4 is 26.8 Å². The Kier molecular flexibility index (Phi) is 2.94. The number of hydrogen-bond acceptors (Lipinski definition) is 3. The fourth-order valence-corrected chi connectivity index (χ4v) is 2.08. The Balaban J connectivity index is 2.05. The molecule has 0 unspecified atom stereocenters. The highest BCUT2D eigenvalue weighted by Gasteiger charge is 2.04. The van der Waals surface area contributed by atoms with Gasteiger partial charge in [-0.2, -0.15) is 0 Å². The fraction of sp³-hybridized carbons (Fsp3) is 0. The second-order valence-corrected chi connectivity index (χ2v) is 4.68. The molecular weight excluding hydrogens is 292 g/mol. The maximum Gasteiger partial charge on any atom is 0.146 e. The lowest BCUT2D eigenvalue weighted by molar-refractivity contribution is 0.485. The van der Waals surface area contributed by atoms with Gasteiger partial charge in [-0.25, -0.2) is 0 Å². The lowest BCUT2D eigenvalue weighted by Crippen LogP contribution is -1.87. The summed E-state index contributed by atoms with van der Waals surface area (Å²) in [6.07, 6.45) is 5.17. The van der Waals surface area contributed by atoms with Gasteiger partial charge in [0.05, 0.1) is 11.7 Å². The maximum absolute atomic E-state index is 5.84. The van der Waals surface area contributed by atoms with Crippen molar-refractivity contribution in [2.75, 3.05) is 0 Å². The van der Waals surface area contributed by atoms with E-state index in [4.69, 9.17) is 4.74 Å². The van der Waals surface area contributed by atoms with Crippen molar-refractivity contribution in [2.24, 2.45) is 0 Å². The largest absolute Gasteiger partial charge is 0.455 e. The lowest BCUT2D eigenvalue weighted by Gasteiger charge is -2.08. The summed E-state index contributed by atoms with van der Waals surface area (Å²) in [5, 5.41) is 0.986. The van der Waals surface area contributed by atoms with E-state index in [0.717, 1.165) is 21.1 Å². The summed E-state index contributed by atoms with van der Waals surface area (Å²) in [4.78, 5) is 8.37. The number of halogens is 1. The van der Waals surface area contributed by atoms with Crippen LogP contribution in [-0.4, -0.2) is 9.97 Å². The average molecular weight is 301 g/mol. The quantitative estimate of drug-likeness (QED) is 0.712. The first-order valence-corrected chi connectivity index (χ1v) is 6.24. The second-order valence-electron chi connectivity index (χ2n) is 3.77. The molecule has 2 aromatic heterocycles. The van der Waals surface area contributed by atoms with Crippen molar-refractivity contribution in [3.63, 3.8) is 0 Å². The smallest absolute Gasteiger partial charge is 0.146 e. The lowest BCUT2D eigenvalue weighted by atomic mass is 10.2. The van der Waals surface area contributed by atoms with Crippen molar-refractivity contribution in [1.29, 1.82) is 0 Å². The Hall–Kier alpha value is -1.94. The minimum atomic E-state index is 0.695. The van der Waals surface area contributed by atoms with E-state index in [1.807, 2.05) is 36.4 Å². The van der Waals surface area contributed by atoms with E-state index in [2.05, 4.69) is 25.9 Å². The molecule has 0 radical (unpaired) electrons. The predicted molar refractivity (Wildman–Crippen MR) is 73.8 cm³/mol. The van der Waals surface area contributed by atoms with Gasteiger partial charge < -0.3 is 4.74 Å². The second kappa shape index (κ2) is 4.74. The van der Waals surface area contributed by atoms with E-state index in [0.29, 0.717) is 5.75 Å². The molecule has 0 aliphatic rings. The molecule has 3 nitrogen and oxygen atoms in total. The molecule has 4 heteroatoms. The topological polar surface area (TPSA) is 35.0 Å².